The number of hydrogen-bond donors (Lipinski definition) is 4. The van der Waals surface area contributed by atoms with Gasteiger partial charge in [-0.1, -0.05) is 181 Å². The molecule has 0 aliphatic carbocycles. The van der Waals surface area contributed by atoms with Crippen molar-refractivity contribution in [3.05, 3.63) is 242 Å². The van der Waals surface area contributed by atoms with E-state index in [-0.39, 0.29) is 70.7 Å². The quantitative estimate of drug-likeness (QED) is 0.0551. The van der Waals surface area contributed by atoms with Gasteiger partial charge in [-0.05, 0) is 153 Å². The summed E-state index contributed by atoms with van der Waals surface area (Å²) >= 11 is 19.8. The number of carboxylic acids is 1. The van der Waals surface area contributed by atoms with E-state index in [9.17, 15) is 28.8 Å². The maximum atomic E-state index is 13.5. The highest BCUT2D eigenvalue weighted by Crippen LogP contribution is 2.38. The number of anilines is 3. The van der Waals surface area contributed by atoms with E-state index in [0.717, 1.165) is 40.3 Å². The Morgan fingerprint density at radius 3 is 0.850 bits per heavy atom. The molecule has 12 rings (SSSR count). The zero-order chi connectivity index (χ0) is 72.5. The number of carboxylic acid groups (broad SMARTS) is 1. The lowest BCUT2D eigenvalue weighted by Gasteiger charge is -2.19. The average molecular weight is 1450 g/mol. The lowest BCUT2D eigenvalue weighted by Crippen LogP contribution is -2.34. The molecule has 6 aromatic heterocycles. The number of thiocarbonyl (C=S) groups is 3. The van der Waals surface area contributed by atoms with Crippen molar-refractivity contribution < 1.29 is 24.3 Å². The number of nitrogens with one attached hydrogen (secondary N) is 3. The molecule has 0 saturated carbocycles. The molecule has 26 heteroatoms. The highest BCUT2D eigenvalue weighted by Gasteiger charge is 2.37. The first kappa shape index (κ1) is 74.8. The molecule has 9 aromatic rings. The van der Waals surface area contributed by atoms with Gasteiger partial charge in [0.15, 0.2) is 0 Å². The molecule has 20 nitrogen and oxygen atoms in total. The molecular formula is C74H76N12O8S6. The highest BCUT2D eigenvalue weighted by atomic mass is 32.2. The molecule has 516 valence electrons. The molecule has 3 fully saturated rings. The van der Waals surface area contributed by atoms with Gasteiger partial charge in [0, 0.05) is 61.8 Å². The van der Waals surface area contributed by atoms with Crippen LogP contribution in [0.2, 0.25) is 0 Å². The van der Waals surface area contributed by atoms with Crippen LogP contribution in [0.1, 0.15) is 137 Å². The minimum absolute atomic E-state index is 0.0532. The predicted molar refractivity (Wildman–Crippen MR) is 418 cm³/mol. The van der Waals surface area contributed by atoms with Crippen LogP contribution in [0, 0.1) is 20.8 Å². The third-order valence-electron chi connectivity index (χ3n) is 16.1. The highest BCUT2D eigenvalue weighted by molar-refractivity contribution is 8.27. The number of hydrogen-bond acceptors (Lipinski definition) is 19. The third-order valence-corrected chi connectivity index (χ3v) is 20.0. The zero-order valence-corrected chi connectivity index (χ0v) is 62.2. The molecule has 9 heterocycles. The number of aromatic nitrogens is 6. The molecule has 3 aliphatic rings. The topological polar surface area (TPSA) is 237 Å². The van der Waals surface area contributed by atoms with Gasteiger partial charge in [-0.2, -0.15) is 0 Å². The average Bonchev–Trinajstić information content (AvgIpc) is 1.11. The second kappa shape index (κ2) is 32.7. The van der Waals surface area contributed by atoms with Crippen molar-refractivity contribution >= 4 is 161 Å². The number of fused-ring (bicyclic) bond motifs is 3. The van der Waals surface area contributed by atoms with Gasteiger partial charge in [0.2, 0.25) is 0 Å². The van der Waals surface area contributed by atoms with Gasteiger partial charge in [0.1, 0.15) is 47.4 Å². The fraction of sp³-hybridized carbons (Fsp3) is 0.257. The van der Waals surface area contributed by atoms with Crippen LogP contribution in [0.15, 0.2) is 175 Å². The summed E-state index contributed by atoms with van der Waals surface area (Å²) in [4.78, 5) is 109. The van der Waals surface area contributed by atoms with Gasteiger partial charge >= 0.3 is 0 Å². The Hall–Kier alpha value is -9.44. The summed E-state index contributed by atoms with van der Waals surface area (Å²) in [6, 6.07) is 40.6. The number of thioether (sulfide) groups is 3. The number of pyridine rings is 3. The van der Waals surface area contributed by atoms with E-state index in [0.29, 0.717) is 78.8 Å². The van der Waals surface area contributed by atoms with Crippen LogP contribution in [0.4, 0.5) is 17.5 Å². The van der Waals surface area contributed by atoms with Gasteiger partial charge in [-0.15, -0.1) is 0 Å². The van der Waals surface area contributed by atoms with Crippen LogP contribution in [0.25, 0.3) is 35.2 Å². The Morgan fingerprint density at radius 2 is 0.640 bits per heavy atom. The molecule has 3 aliphatic heterocycles. The van der Waals surface area contributed by atoms with Crippen molar-refractivity contribution in [1.29, 1.82) is 0 Å². The van der Waals surface area contributed by atoms with E-state index in [4.69, 9.17) is 61.5 Å². The van der Waals surface area contributed by atoms with E-state index >= 15 is 0 Å². The van der Waals surface area contributed by atoms with E-state index in [1.807, 2.05) is 210 Å². The number of benzene rings is 3. The zero-order valence-electron chi connectivity index (χ0n) is 57.3. The Bertz CT molecular complexity index is 4490. The van der Waals surface area contributed by atoms with Crippen molar-refractivity contribution in [1.82, 2.24) is 42.9 Å². The Labute approximate surface area is 608 Å². The van der Waals surface area contributed by atoms with Crippen molar-refractivity contribution in [2.75, 3.05) is 16.0 Å². The molecule has 4 N–H and O–H groups in total. The number of aliphatic carboxylic acids is 1. The molecule has 3 saturated heterocycles. The molecule has 0 spiro atoms. The number of rotatable bonds is 15. The minimum Gasteiger partial charge on any atom is -0.481 e. The molecular weight excluding hydrogens is 1380 g/mol. The molecule has 3 atom stereocenters. The summed E-state index contributed by atoms with van der Waals surface area (Å²) in [5, 5.41) is 17.6. The van der Waals surface area contributed by atoms with Gasteiger partial charge < -0.3 is 21.1 Å². The second-order valence-electron chi connectivity index (χ2n) is 24.5. The Balaban J connectivity index is 0.000000170. The van der Waals surface area contributed by atoms with Crippen LogP contribution in [-0.2, 0) is 19.2 Å². The number of carbonyl (C=O) groups is 4. The molecule has 3 unspecified atom stereocenters. The van der Waals surface area contributed by atoms with Crippen molar-refractivity contribution in [2.24, 2.45) is 0 Å². The largest absolute Gasteiger partial charge is 0.481 e. The maximum Gasteiger partial charge on any atom is 0.300 e. The van der Waals surface area contributed by atoms with Crippen molar-refractivity contribution in [2.45, 2.75) is 126 Å². The minimum atomic E-state index is -0.833. The van der Waals surface area contributed by atoms with E-state index in [1.165, 1.54) is 48.5 Å². The standard InChI is InChI=1S/3C24H24N4O2S2.C2H4O2/c3*1-14(2)28-23(30)19(32-24(28)31)13-18-20(25-16(4)17-10-6-5-7-11-17)26-21-15(3)9-8-12-27(21)22(18)29;1-2(3)4/h3*5-14,16,25H,1-4H3;1H3,(H,3,4)/b3*19-13-;. The Morgan fingerprint density at radius 1 is 0.410 bits per heavy atom. The summed E-state index contributed by atoms with van der Waals surface area (Å²) in [5.74, 6) is -0.0798. The first-order chi connectivity index (χ1) is 47.6. The van der Waals surface area contributed by atoms with Crippen LogP contribution in [-0.4, -0.2) is 103 Å². The third kappa shape index (κ3) is 16.9. The summed E-state index contributed by atoms with van der Waals surface area (Å²) in [6.45, 7) is 24.4. The number of nitrogens with zero attached hydrogens (tertiary/aromatic N) is 9. The number of aryl methyl sites for hydroxylation is 3. The normalized spacial score (nSPS) is 16.0. The first-order valence-corrected chi connectivity index (χ1v) is 35.7. The molecule has 0 radical (unpaired) electrons. The lowest BCUT2D eigenvalue weighted by molar-refractivity contribution is -0.134. The first-order valence-electron chi connectivity index (χ1n) is 32.1. The van der Waals surface area contributed by atoms with Crippen LogP contribution >= 0.6 is 71.9 Å². The van der Waals surface area contributed by atoms with Crippen LogP contribution in [0.3, 0.4) is 0 Å². The van der Waals surface area contributed by atoms with Gasteiger partial charge in [-0.25, -0.2) is 15.0 Å². The molecule has 3 aromatic carbocycles. The van der Waals surface area contributed by atoms with E-state index < -0.39 is 5.97 Å². The monoisotopic (exact) mass is 1450 g/mol. The summed E-state index contributed by atoms with van der Waals surface area (Å²) in [5.41, 5.74) is 7.87. The lowest BCUT2D eigenvalue weighted by atomic mass is 10.1. The molecule has 3 amide bonds. The SMILES string of the molecule is CC(=O)O.Cc1cccn2c(=O)c(/C=C3\SC(=S)N(C(C)C)C3=O)c(NC(C)c3ccccc3)nc12.Cc1cccn2c(=O)c(/C=C3\SC(=S)N(C(C)C)C3=O)c(NC(C)c3ccccc3)nc12.Cc1cccn2c(=O)c(/C=C3\SC(=S)N(C(C)C)C3=O)c(NC(C)c3ccccc3)nc12. The molecule has 100 heavy (non-hydrogen) atoms. The fourth-order valence-electron chi connectivity index (χ4n) is 10.9. The number of carbonyl (C=O) groups excluding carboxylic acids is 3. The summed E-state index contributed by atoms with van der Waals surface area (Å²) < 4.78 is 6.03. The summed E-state index contributed by atoms with van der Waals surface area (Å²) in [6.07, 6.45) is 9.93. The maximum absolute atomic E-state index is 13.5. The van der Waals surface area contributed by atoms with E-state index in [2.05, 4.69) is 16.0 Å². The summed E-state index contributed by atoms with van der Waals surface area (Å²) in [7, 11) is 0. The smallest absolute Gasteiger partial charge is 0.300 e. The number of amides is 3. The van der Waals surface area contributed by atoms with Crippen LogP contribution < -0.4 is 32.6 Å². The molecule has 0 bridgehead atoms. The van der Waals surface area contributed by atoms with E-state index in [1.54, 1.807) is 51.5 Å². The van der Waals surface area contributed by atoms with Crippen molar-refractivity contribution in [3.63, 3.8) is 0 Å². The fourth-order valence-corrected chi connectivity index (χ4v) is 15.4. The van der Waals surface area contributed by atoms with Gasteiger partial charge in [-0.3, -0.25) is 61.5 Å². The van der Waals surface area contributed by atoms with Crippen molar-refractivity contribution in [3.8, 4) is 0 Å². The predicted octanol–water partition coefficient (Wildman–Crippen LogP) is 14.4. The van der Waals surface area contributed by atoms with Crippen LogP contribution in [0.5, 0.6) is 0 Å². The second-order valence-corrected chi connectivity index (χ2v) is 29.5. The van der Waals surface area contributed by atoms with Gasteiger partial charge in [0.25, 0.3) is 40.4 Å². The Kier molecular flexibility index (Phi) is 24.5. The van der Waals surface area contributed by atoms with Gasteiger partial charge in [0.05, 0.1) is 31.4 Å².